The maximum absolute atomic E-state index is 14.0. The SMILES string of the molecule is CC(=O)c1ccc2c(c1)C(=C1CCN(CC3(C(=O)O)CC3)CC1)c1ccc(F)cc1CO2. The van der Waals surface area contributed by atoms with Crippen molar-refractivity contribution in [3.8, 4) is 5.75 Å². The first-order chi connectivity index (χ1) is 15.4. The summed E-state index contributed by atoms with van der Waals surface area (Å²) in [5.74, 6) is -0.312. The fraction of sp³-hybridized carbons (Fsp3) is 0.385. The summed E-state index contributed by atoms with van der Waals surface area (Å²) in [6.07, 6.45) is 3.10. The predicted octanol–water partition coefficient (Wildman–Crippen LogP) is 4.68. The van der Waals surface area contributed by atoms with Gasteiger partial charge in [-0.1, -0.05) is 11.6 Å². The lowest BCUT2D eigenvalue weighted by atomic mass is 9.85. The number of ketones is 1. The molecule has 1 N–H and O–H groups in total. The van der Waals surface area contributed by atoms with Gasteiger partial charge in [0, 0.05) is 36.3 Å². The minimum absolute atomic E-state index is 0.0149. The zero-order chi connectivity index (χ0) is 22.5. The number of benzene rings is 2. The van der Waals surface area contributed by atoms with Crippen molar-refractivity contribution in [2.75, 3.05) is 19.6 Å². The Labute approximate surface area is 186 Å². The Morgan fingerprint density at radius 3 is 2.50 bits per heavy atom. The van der Waals surface area contributed by atoms with Gasteiger partial charge in [-0.3, -0.25) is 9.59 Å². The molecule has 0 unspecified atom stereocenters. The number of halogens is 1. The summed E-state index contributed by atoms with van der Waals surface area (Å²) >= 11 is 0. The molecular formula is C26H26FNO4. The van der Waals surface area contributed by atoms with Crippen LogP contribution < -0.4 is 4.74 Å². The highest BCUT2D eigenvalue weighted by Crippen LogP contribution is 2.47. The molecule has 3 aliphatic rings. The minimum atomic E-state index is -0.691. The van der Waals surface area contributed by atoms with E-state index in [2.05, 4.69) is 4.90 Å². The highest BCUT2D eigenvalue weighted by molar-refractivity contribution is 5.97. The molecule has 1 saturated carbocycles. The zero-order valence-electron chi connectivity index (χ0n) is 18.1. The van der Waals surface area contributed by atoms with Crippen LogP contribution in [0.4, 0.5) is 4.39 Å². The van der Waals surface area contributed by atoms with Gasteiger partial charge in [-0.2, -0.15) is 0 Å². The van der Waals surface area contributed by atoms with Crippen LogP contribution in [0.3, 0.4) is 0 Å². The van der Waals surface area contributed by atoms with E-state index in [9.17, 15) is 19.1 Å². The predicted molar refractivity (Wildman–Crippen MR) is 118 cm³/mol. The molecule has 1 saturated heterocycles. The number of carboxylic acids is 1. The maximum atomic E-state index is 14.0. The molecule has 2 fully saturated rings. The molecule has 2 aromatic rings. The number of nitrogens with zero attached hydrogens (tertiary/aromatic N) is 1. The van der Waals surface area contributed by atoms with Crippen molar-refractivity contribution < 1.29 is 23.8 Å². The number of ether oxygens (including phenoxy) is 1. The number of fused-ring (bicyclic) bond motifs is 2. The van der Waals surface area contributed by atoms with E-state index in [1.807, 2.05) is 18.2 Å². The average Bonchev–Trinajstić information content (AvgIpc) is 3.57. The van der Waals surface area contributed by atoms with Gasteiger partial charge >= 0.3 is 5.97 Å². The van der Waals surface area contributed by atoms with E-state index in [-0.39, 0.29) is 18.2 Å². The lowest BCUT2D eigenvalue weighted by Gasteiger charge is -2.32. The second kappa shape index (κ2) is 7.85. The monoisotopic (exact) mass is 435 g/mol. The molecule has 0 spiro atoms. The van der Waals surface area contributed by atoms with Crippen LogP contribution in [0, 0.1) is 11.2 Å². The summed E-state index contributed by atoms with van der Waals surface area (Å²) in [7, 11) is 0. The number of Topliss-reactive ketones (excluding diaryl/α,β-unsaturated/α-hetero) is 1. The van der Waals surface area contributed by atoms with Gasteiger partial charge in [0.1, 0.15) is 18.2 Å². The van der Waals surface area contributed by atoms with Crippen LogP contribution >= 0.6 is 0 Å². The first-order valence-electron chi connectivity index (χ1n) is 11.1. The van der Waals surface area contributed by atoms with E-state index in [0.717, 1.165) is 61.0 Å². The molecule has 0 atom stereocenters. The van der Waals surface area contributed by atoms with Gasteiger partial charge in [-0.15, -0.1) is 0 Å². The van der Waals surface area contributed by atoms with Gasteiger partial charge in [0.15, 0.2) is 5.78 Å². The van der Waals surface area contributed by atoms with Crippen LogP contribution in [0.25, 0.3) is 5.57 Å². The van der Waals surface area contributed by atoms with E-state index < -0.39 is 11.4 Å². The fourth-order valence-corrected chi connectivity index (χ4v) is 4.93. The first-order valence-corrected chi connectivity index (χ1v) is 11.1. The van der Waals surface area contributed by atoms with Gasteiger partial charge in [-0.25, -0.2) is 4.39 Å². The van der Waals surface area contributed by atoms with Crippen molar-refractivity contribution in [3.05, 3.63) is 70.0 Å². The summed E-state index contributed by atoms with van der Waals surface area (Å²) in [4.78, 5) is 25.9. The van der Waals surface area contributed by atoms with Gasteiger partial charge in [-0.05, 0) is 74.1 Å². The number of carbonyl (C=O) groups is 2. The smallest absolute Gasteiger partial charge is 0.310 e. The fourth-order valence-electron chi connectivity index (χ4n) is 4.93. The number of aliphatic carboxylic acids is 1. The molecule has 0 amide bonds. The lowest BCUT2D eigenvalue weighted by Crippen LogP contribution is -2.38. The molecule has 166 valence electrons. The molecule has 2 heterocycles. The second-order valence-electron chi connectivity index (χ2n) is 9.20. The van der Waals surface area contributed by atoms with Crippen LogP contribution in [0.5, 0.6) is 5.75 Å². The van der Waals surface area contributed by atoms with E-state index in [0.29, 0.717) is 17.9 Å². The van der Waals surface area contributed by atoms with Gasteiger partial charge < -0.3 is 14.7 Å². The zero-order valence-corrected chi connectivity index (χ0v) is 18.1. The van der Waals surface area contributed by atoms with Crippen LogP contribution in [-0.2, 0) is 11.4 Å². The highest BCUT2D eigenvalue weighted by Gasteiger charge is 2.51. The highest BCUT2D eigenvalue weighted by atomic mass is 19.1. The third-order valence-electron chi connectivity index (χ3n) is 7.02. The Morgan fingerprint density at radius 2 is 1.84 bits per heavy atom. The quantitative estimate of drug-likeness (QED) is 0.706. The summed E-state index contributed by atoms with van der Waals surface area (Å²) < 4.78 is 20.0. The number of hydrogen-bond donors (Lipinski definition) is 1. The summed E-state index contributed by atoms with van der Waals surface area (Å²) in [5.41, 5.74) is 4.92. The van der Waals surface area contributed by atoms with Crippen LogP contribution in [-0.4, -0.2) is 41.4 Å². The van der Waals surface area contributed by atoms with Crippen molar-refractivity contribution >= 4 is 17.3 Å². The molecule has 1 aliphatic carbocycles. The van der Waals surface area contributed by atoms with Crippen molar-refractivity contribution in [1.82, 2.24) is 4.90 Å². The maximum Gasteiger partial charge on any atom is 0.310 e. The van der Waals surface area contributed by atoms with Crippen LogP contribution in [0.2, 0.25) is 0 Å². The van der Waals surface area contributed by atoms with Crippen LogP contribution in [0.15, 0.2) is 42.0 Å². The van der Waals surface area contributed by atoms with Crippen molar-refractivity contribution in [3.63, 3.8) is 0 Å². The third kappa shape index (κ3) is 3.73. The van der Waals surface area contributed by atoms with E-state index in [1.54, 1.807) is 13.0 Å². The molecule has 0 aromatic heterocycles. The van der Waals surface area contributed by atoms with Crippen molar-refractivity contribution in [1.29, 1.82) is 0 Å². The largest absolute Gasteiger partial charge is 0.488 e. The summed E-state index contributed by atoms with van der Waals surface area (Å²) in [6, 6.07) is 10.3. The molecule has 2 aliphatic heterocycles. The minimum Gasteiger partial charge on any atom is -0.488 e. The number of rotatable bonds is 4. The normalized spacial score (nSPS) is 19.4. The molecule has 32 heavy (non-hydrogen) atoms. The molecule has 6 heteroatoms. The number of piperidine rings is 1. The standard InChI is InChI=1S/C26H26FNO4/c1-16(29)18-2-5-23-22(13-18)24(21-4-3-20(27)12-19(21)14-32-23)17-6-10-28(11-7-17)15-26(8-9-26)25(30)31/h2-5,12-13H,6-11,14-15H2,1H3,(H,30,31). The molecule has 5 nitrogen and oxygen atoms in total. The Kier molecular flexibility index (Phi) is 5.13. The van der Waals surface area contributed by atoms with Crippen molar-refractivity contribution in [2.24, 2.45) is 5.41 Å². The van der Waals surface area contributed by atoms with Gasteiger partial charge in [0.25, 0.3) is 0 Å². The van der Waals surface area contributed by atoms with E-state index in [1.165, 1.54) is 17.7 Å². The molecular weight excluding hydrogens is 409 g/mol. The van der Waals surface area contributed by atoms with Gasteiger partial charge in [0.2, 0.25) is 0 Å². The molecule has 2 aromatic carbocycles. The number of likely N-dealkylation sites (tertiary alicyclic amines) is 1. The Bertz CT molecular complexity index is 1140. The van der Waals surface area contributed by atoms with Gasteiger partial charge in [0.05, 0.1) is 5.41 Å². The summed E-state index contributed by atoms with van der Waals surface area (Å²) in [6.45, 7) is 3.98. The average molecular weight is 435 g/mol. The van der Waals surface area contributed by atoms with E-state index >= 15 is 0 Å². The third-order valence-corrected chi connectivity index (χ3v) is 7.02. The Hall–Kier alpha value is -2.99. The first kappa shape index (κ1) is 20.9. The number of carbonyl (C=O) groups excluding carboxylic acids is 1. The number of hydrogen-bond acceptors (Lipinski definition) is 4. The van der Waals surface area contributed by atoms with Crippen molar-refractivity contribution in [2.45, 2.75) is 39.2 Å². The molecule has 0 bridgehead atoms. The topological polar surface area (TPSA) is 66.8 Å². The Balaban J connectivity index is 1.54. The molecule has 5 rings (SSSR count). The second-order valence-corrected chi connectivity index (χ2v) is 9.20. The lowest BCUT2D eigenvalue weighted by molar-refractivity contribution is -0.144. The number of carboxylic acid groups (broad SMARTS) is 1. The Morgan fingerprint density at radius 1 is 1.09 bits per heavy atom. The van der Waals surface area contributed by atoms with Crippen LogP contribution in [0.1, 0.15) is 59.7 Å². The summed E-state index contributed by atoms with van der Waals surface area (Å²) in [5, 5.41) is 9.53. The molecule has 0 radical (unpaired) electrons. The van der Waals surface area contributed by atoms with E-state index in [4.69, 9.17) is 4.74 Å².